The van der Waals surface area contributed by atoms with Crippen LogP contribution in [0.3, 0.4) is 0 Å². The summed E-state index contributed by atoms with van der Waals surface area (Å²) in [6, 6.07) is 13.0. The van der Waals surface area contributed by atoms with Gasteiger partial charge in [-0.15, -0.1) is 10.2 Å². The molecule has 2 atom stereocenters. The van der Waals surface area contributed by atoms with E-state index in [0.717, 1.165) is 24.2 Å². The van der Waals surface area contributed by atoms with Crippen LogP contribution in [0.25, 0.3) is 0 Å². The maximum atomic E-state index is 14.0. The quantitative estimate of drug-likeness (QED) is 0.625. The normalized spacial score (nSPS) is 18.0. The summed E-state index contributed by atoms with van der Waals surface area (Å²) in [6.07, 6.45) is 1.69. The Balaban J connectivity index is 1.67. The highest BCUT2D eigenvalue weighted by Gasteiger charge is 2.38. The lowest BCUT2D eigenvalue weighted by Crippen LogP contribution is -2.41. The second-order valence-corrected chi connectivity index (χ2v) is 8.20. The molecule has 0 aliphatic carbocycles. The summed E-state index contributed by atoms with van der Waals surface area (Å²) in [7, 11) is 0. The van der Waals surface area contributed by atoms with Crippen molar-refractivity contribution in [2.45, 2.75) is 36.2 Å². The molecular formula is C20H19ClFN5OS. The third-order valence-electron chi connectivity index (χ3n) is 4.60. The van der Waals surface area contributed by atoms with E-state index in [0.29, 0.717) is 10.2 Å². The number of carbonyl (C=O) groups excluding carboxylic acids is 1. The average molecular weight is 432 g/mol. The van der Waals surface area contributed by atoms with Crippen molar-refractivity contribution in [3.8, 4) is 0 Å². The summed E-state index contributed by atoms with van der Waals surface area (Å²) >= 11 is 7.34. The fraction of sp³-hybridized carbons (Fsp3) is 0.250. The first-order chi connectivity index (χ1) is 14.1. The van der Waals surface area contributed by atoms with Crippen molar-refractivity contribution in [1.82, 2.24) is 14.9 Å². The topological polar surface area (TPSA) is 71.8 Å². The smallest absolute Gasteiger partial charge is 0.240 e. The molecule has 1 aliphatic rings. The monoisotopic (exact) mass is 431 g/mol. The molecule has 0 unspecified atom stereocenters. The van der Waals surface area contributed by atoms with Gasteiger partial charge in [-0.25, -0.2) is 9.07 Å². The summed E-state index contributed by atoms with van der Waals surface area (Å²) in [6.45, 7) is 2.07. The predicted molar refractivity (Wildman–Crippen MR) is 112 cm³/mol. The number of anilines is 1. The zero-order valence-corrected chi connectivity index (χ0v) is 17.2. The second-order valence-electron chi connectivity index (χ2n) is 6.65. The maximum Gasteiger partial charge on any atom is 0.240 e. The minimum absolute atomic E-state index is 0.145. The first kappa shape index (κ1) is 19.7. The van der Waals surface area contributed by atoms with E-state index < -0.39 is 11.1 Å². The molecule has 29 heavy (non-hydrogen) atoms. The van der Waals surface area contributed by atoms with Crippen molar-refractivity contribution in [3.63, 3.8) is 0 Å². The van der Waals surface area contributed by atoms with Crippen LogP contribution in [-0.2, 0) is 11.2 Å². The van der Waals surface area contributed by atoms with Gasteiger partial charge in [-0.05, 0) is 36.2 Å². The Morgan fingerprint density at radius 1 is 1.24 bits per heavy atom. The number of aryl methyl sites for hydroxylation is 1. The second kappa shape index (κ2) is 8.42. The number of benzene rings is 2. The Morgan fingerprint density at radius 2 is 2.00 bits per heavy atom. The Hall–Kier alpha value is -2.58. The van der Waals surface area contributed by atoms with E-state index in [1.807, 2.05) is 16.8 Å². The number of nitrogens with zero attached hydrogens (tertiary/aromatic N) is 3. The van der Waals surface area contributed by atoms with Gasteiger partial charge in [0.15, 0.2) is 5.82 Å². The number of hydrogen-bond donors (Lipinski definition) is 2. The fourth-order valence-corrected chi connectivity index (χ4v) is 4.40. The highest BCUT2D eigenvalue weighted by Crippen LogP contribution is 2.38. The number of halogens is 2. The molecule has 1 aliphatic heterocycles. The predicted octanol–water partition coefficient (Wildman–Crippen LogP) is 4.42. The minimum Gasteiger partial charge on any atom is -0.323 e. The molecule has 0 saturated carbocycles. The van der Waals surface area contributed by atoms with Crippen molar-refractivity contribution < 1.29 is 9.18 Å². The van der Waals surface area contributed by atoms with Crippen LogP contribution in [0.15, 0.2) is 53.7 Å². The molecule has 2 N–H and O–H groups in total. The van der Waals surface area contributed by atoms with E-state index >= 15 is 0 Å². The summed E-state index contributed by atoms with van der Waals surface area (Å²) in [5.74, 6) is 0.00632. The zero-order valence-electron chi connectivity index (χ0n) is 15.6. The zero-order chi connectivity index (χ0) is 20.4. The molecule has 0 saturated heterocycles. The summed E-state index contributed by atoms with van der Waals surface area (Å²) in [4.78, 5) is 13.1. The molecule has 1 amide bonds. The minimum atomic E-state index is -0.582. The van der Waals surface area contributed by atoms with Gasteiger partial charge >= 0.3 is 0 Å². The summed E-state index contributed by atoms with van der Waals surface area (Å²) in [5, 5.41) is 11.8. The molecule has 4 rings (SSSR count). The standard InChI is InChI=1S/C20H19ClFN5OS/c1-2-5-16-24-25-20-27(16)26-17(12-8-10-13(21)11-9-12)18(29-20)19(28)23-15-7-4-3-6-14(15)22/h3-4,6-11,17-18,26H,2,5H2,1H3,(H,23,28)/t17-,18+/m0/s1. The SMILES string of the molecule is CCCc1nnc2n1N[C@@H](c1ccc(Cl)cc1)[C@H](C(=O)Nc1ccccc1F)S2. The number of carbonyl (C=O) groups is 1. The van der Waals surface area contributed by atoms with E-state index in [1.54, 1.807) is 24.3 Å². The van der Waals surface area contributed by atoms with Crippen LogP contribution in [0.2, 0.25) is 5.02 Å². The molecule has 0 bridgehead atoms. The van der Waals surface area contributed by atoms with Gasteiger partial charge in [0.1, 0.15) is 11.1 Å². The molecule has 1 aromatic heterocycles. The molecule has 2 heterocycles. The third kappa shape index (κ3) is 4.09. The molecule has 6 nitrogen and oxygen atoms in total. The number of nitrogens with one attached hydrogen (secondary N) is 2. The number of thioether (sulfide) groups is 1. The lowest BCUT2D eigenvalue weighted by molar-refractivity contribution is -0.116. The van der Waals surface area contributed by atoms with Gasteiger partial charge in [0.2, 0.25) is 11.1 Å². The van der Waals surface area contributed by atoms with E-state index in [4.69, 9.17) is 11.6 Å². The number of para-hydroxylation sites is 1. The number of fused-ring (bicyclic) bond motifs is 1. The Kier molecular flexibility index (Phi) is 5.73. The molecular weight excluding hydrogens is 413 g/mol. The molecule has 150 valence electrons. The van der Waals surface area contributed by atoms with Crippen molar-refractivity contribution in [3.05, 3.63) is 70.8 Å². The number of hydrogen-bond acceptors (Lipinski definition) is 5. The van der Waals surface area contributed by atoms with Gasteiger partial charge in [0.25, 0.3) is 0 Å². The van der Waals surface area contributed by atoms with Crippen molar-refractivity contribution >= 4 is 35.0 Å². The van der Waals surface area contributed by atoms with Crippen LogP contribution in [0.1, 0.15) is 30.8 Å². The first-order valence-electron chi connectivity index (χ1n) is 9.25. The summed E-state index contributed by atoms with van der Waals surface area (Å²) < 4.78 is 15.9. The van der Waals surface area contributed by atoms with Crippen molar-refractivity contribution in [1.29, 1.82) is 0 Å². The van der Waals surface area contributed by atoms with E-state index in [2.05, 4.69) is 27.9 Å². The Bertz CT molecular complexity index is 1030. The van der Waals surface area contributed by atoms with Gasteiger partial charge < -0.3 is 10.7 Å². The van der Waals surface area contributed by atoms with Gasteiger partial charge in [0.05, 0.1) is 11.7 Å². The maximum absolute atomic E-state index is 14.0. The van der Waals surface area contributed by atoms with Crippen LogP contribution < -0.4 is 10.7 Å². The van der Waals surface area contributed by atoms with Crippen LogP contribution in [0, 0.1) is 5.82 Å². The molecule has 9 heteroatoms. The van der Waals surface area contributed by atoms with E-state index in [-0.39, 0.29) is 17.6 Å². The summed E-state index contributed by atoms with van der Waals surface area (Å²) in [5.41, 5.74) is 4.40. The molecule has 2 aromatic carbocycles. The van der Waals surface area contributed by atoms with E-state index in [9.17, 15) is 9.18 Å². The van der Waals surface area contributed by atoms with Gasteiger partial charge in [-0.2, -0.15) is 0 Å². The number of rotatable bonds is 5. The Morgan fingerprint density at radius 3 is 2.72 bits per heavy atom. The largest absolute Gasteiger partial charge is 0.323 e. The number of aromatic nitrogens is 3. The highest BCUT2D eigenvalue weighted by atomic mass is 35.5. The average Bonchev–Trinajstić information content (AvgIpc) is 3.11. The van der Waals surface area contributed by atoms with Crippen LogP contribution in [-0.4, -0.2) is 26.0 Å². The lowest BCUT2D eigenvalue weighted by Gasteiger charge is -2.33. The molecule has 3 aromatic rings. The van der Waals surface area contributed by atoms with Crippen molar-refractivity contribution in [2.24, 2.45) is 0 Å². The molecule has 0 fully saturated rings. The highest BCUT2D eigenvalue weighted by molar-refractivity contribution is 8.00. The van der Waals surface area contributed by atoms with Crippen LogP contribution in [0.4, 0.5) is 10.1 Å². The van der Waals surface area contributed by atoms with Gasteiger partial charge in [-0.3, -0.25) is 4.79 Å². The molecule has 0 spiro atoms. The van der Waals surface area contributed by atoms with E-state index in [1.165, 1.54) is 23.9 Å². The van der Waals surface area contributed by atoms with Crippen LogP contribution in [0.5, 0.6) is 0 Å². The van der Waals surface area contributed by atoms with Gasteiger partial charge in [-0.1, -0.05) is 54.6 Å². The Labute approximate surface area is 176 Å². The van der Waals surface area contributed by atoms with Crippen LogP contribution >= 0.6 is 23.4 Å². The lowest BCUT2D eigenvalue weighted by atomic mass is 10.0. The third-order valence-corrected chi connectivity index (χ3v) is 6.06. The van der Waals surface area contributed by atoms with Crippen molar-refractivity contribution in [2.75, 3.05) is 10.7 Å². The van der Waals surface area contributed by atoms with Gasteiger partial charge in [0, 0.05) is 11.4 Å². The fourth-order valence-electron chi connectivity index (χ4n) is 3.17. The first-order valence-corrected chi connectivity index (χ1v) is 10.5. The number of amides is 1. The molecule has 0 radical (unpaired) electrons.